The lowest BCUT2D eigenvalue weighted by atomic mass is 10.2. The Morgan fingerprint density at radius 3 is 1.38 bits per heavy atom. The van der Waals surface area contributed by atoms with Crippen LogP contribution < -0.4 is 0 Å². The minimum Gasteiger partial charge on any atom is -0.478 e. The molecule has 0 atom stereocenters. The van der Waals surface area contributed by atoms with Gasteiger partial charge in [0, 0.05) is 24.8 Å². The first kappa shape index (κ1) is 14.1. The van der Waals surface area contributed by atoms with Crippen LogP contribution in [0.4, 0.5) is 0 Å². The van der Waals surface area contributed by atoms with Gasteiger partial charge in [0.2, 0.25) is 0 Å². The topological polar surface area (TPSA) is 150 Å². The number of carboxylic acid groups (broad SMARTS) is 2. The van der Waals surface area contributed by atoms with Crippen molar-refractivity contribution >= 4 is 23.9 Å². The molecule has 0 saturated carbocycles. The molecular formula is C12H8N2O7. The third-order valence-electron chi connectivity index (χ3n) is 2.58. The van der Waals surface area contributed by atoms with Gasteiger partial charge in [-0.15, -0.1) is 0 Å². The maximum absolute atomic E-state index is 11.7. The number of carboxylic acids is 2. The van der Waals surface area contributed by atoms with E-state index in [2.05, 4.69) is 14.7 Å². The Balaban J connectivity index is 2.21. The molecule has 108 valence electrons. The highest BCUT2D eigenvalue weighted by Crippen LogP contribution is 2.14. The number of aromatic amines is 2. The fraction of sp³-hybridized carbons (Fsp3) is 0. The number of aromatic nitrogens is 2. The number of carbonyl (C=O) groups excluding carboxylic acids is 2. The summed E-state index contributed by atoms with van der Waals surface area (Å²) < 4.78 is 4.48. The van der Waals surface area contributed by atoms with E-state index in [1.165, 1.54) is 0 Å². The summed E-state index contributed by atoms with van der Waals surface area (Å²) in [4.78, 5) is 50.0. The molecule has 0 aliphatic carbocycles. The van der Waals surface area contributed by atoms with E-state index in [0.717, 1.165) is 24.8 Å². The van der Waals surface area contributed by atoms with E-state index in [-0.39, 0.29) is 22.3 Å². The number of ether oxygens (including phenoxy) is 1. The smallest absolute Gasteiger partial charge is 0.348 e. The molecule has 0 aliphatic rings. The number of hydrogen-bond donors (Lipinski definition) is 4. The standard InChI is InChI=1S/C12H8N2O7/c15-9(16)5-1-13-3-7(5)11(19)21-12(20)8-4-14-2-6(8)10(17)18/h1-4,13-14H,(H,15,16)(H,17,18). The van der Waals surface area contributed by atoms with Crippen LogP contribution in [0.3, 0.4) is 0 Å². The Kier molecular flexibility index (Phi) is 3.57. The summed E-state index contributed by atoms with van der Waals surface area (Å²) in [6, 6.07) is 0. The normalized spacial score (nSPS) is 10.1. The lowest BCUT2D eigenvalue weighted by Gasteiger charge is -2.02. The Morgan fingerprint density at radius 2 is 1.05 bits per heavy atom. The van der Waals surface area contributed by atoms with Gasteiger partial charge in [0.15, 0.2) is 0 Å². The van der Waals surface area contributed by atoms with Gasteiger partial charge in [0.1, 0.15) is 0 Å². The zero-order valence-corrected chi connectivity index (χ0v) is 10.2. The Labute approximate surface area is 116 Å². The van der Waals surface area contributed by atoms with E-state index in [1.807, 2.05) is 0 Å². The lowest BCUT2D eigenvalue weighted by Crippen LogP contribution is -2.16. The highest BCUT2D eigenvalue weighted by Gasteiger charge is 2.25. The first-order chi connectivity index (χ1) is 9.91. The zero-order valence-electron chi connectivity index (χ0n) is 10.2. The maximum atomic E-state index is 11.7. The predicted octanol–water partition coefficient (Wildman–Crippen LogP) is 0.736. The quantitative estimate of drug-likeness (QED) is 0.479. The molecule has 21 heavy (non-hydrogen) atoms. The van der Waals surface area contributed by atoms with Gasteiger partial charge < -0.3 is 24.9 Å². The van der Waals surface area contributed by atoms with Crippen molar-refractivity contribution in [1.29, 1.82) is 0 Å². The number of esters is 2. The number of hydrogen-bond acceptors (Lipinski definition) is 5. The number of nitrogens with one attached hydrogen (secondary N) is 2. The molecule has 0 saturated heterocycles. The van der Waals surface area contributed by atoms with Gasteiger partial charge in [-0.1, -0.05) is 0 Å². The average Bonchev–Trinajstić information content (AvgIpc) is 3.07. The molecule has 0 amide bonds. The summed E-state index contributed by atoms with van der Waals surface area (Å²) in [5, 5.41) is 17.7. The summed E-state index contributed by atoms with van der Waals surface area (Å²) in [6.45, 7) is 0. The highest BCUT2D eigenvalue weighted by molar-refractivity contribution is 6.10. The first-order valence-corrected chi connectivity index (χ1v) is 5.48. The van der Waals surface area contributed by atoms with Crippen LogP contribution in [0.15, 0.2) is 24.8 Å². The minimum absolute atomic E-state index is 0.344. The Morgan fingerprint density at radius 1 is 0.714 bits per heavy atom. The van der Waals surface area contributed by atoms with Crippen LogP contribution in [-0.4, -0.2) is 44.1 Å². The Hall–Kier alpha value is -3.36. The van der Waals surface area contributed by atoms with Gasteiger partial charge in [0.25, 0.3) is 0 Å². The molecule has 0 radical (unpaired) electrons. The van der Waals surface area contributed by atoms with Gasteiger partial charge in [-0.3, -0.25) is 0 Å². The second kappa shape index (κ2) is 5.33. The molecule has 9 nitrogen and oxygen atoms in total. The van der Waals surface area contributed by atoms with Gasteiger partial charge >= 0.3 is 23.9 Å². The molecule has 0 aliphatic heterocycles. The second-order valence-electron chi connectivity index (χ2n) is 3.85. The molecule has 0 fully saturated rings. The van der Waals surface area contributed by atoms with Crippen LogP contribution in [0.1, 0.15) is 41.4 Å². The molecule has 2 rings (SSSR count). The molecule has 0 unspecified atom stereocenters. The van der Waals surface area contributed by atoms with E-state index in [9.17, 15) is 19.2 Å². The second-order valence-corrected chi connectivity index (χ2v) is 3.85. The molecule has 2 heterocycles. The monoisotopic (exact) mass is 292 g/mol. The van der Waals surface area contributed by atoms with E-state index in [1.54, 1.807) is 0 Å². The number of carbonyl (C=O) groups is 4. The van der Waals surface area contributed by atoms with E-state index < -0.39 is 23.9 Å². The lowest BCUT2D eigenvalue weighted by molar-refractivity contribution is 0.0387. The molecule has 0 bridgehead atoms. The van der Waals surface area contributed by atoms with Crippen LogP contribution in [0.2, 0.25) is 0 Å². The van der Waals surface area contributed by atoms with Crippen LogP contribution >= 0.6 is 0 Å². The first-order valence-electron chi connectivity index (χ1n) is 5.48. The maximum Gasteiger partial charge on any atom is 0.348 e. The summed E-state index contributed by atoms with van der Waals surface area (Å²) in [5.41, 5.74) is -1.41. The Bertz CT molecular complexity index is 678. The van der Waals surface area contributed by atoms with Gasteiger partial charge in [0.05, 0.1) is 22.3 Å². The highest BCUT2D eigenvalue weighted by atomic mass is 16.6. The number of rotatable bonds is 4. The van der Waals surface area contributed by atoms with E-state index >= 15 is 0 Å². The molecule has 4 N–H and O–H groups in total. The summed E-state index contributed by atoms with van der Waals surface area (Å²) >= 11 is 0. The molecule has 0 spiro atoms. The minimum atomic E-state index is -1.37. The zero-order chi connectivity index (χ0) is 15.6. The van der Waals surface area contributed by atoms with Crippen molar-refractivity contribution in [2.45, 2.75) is 0 Å². The van der Waals surface area contributed by atoms with E-state index in [0.29, 0.717) is 0 Å². The van der Waals surface area contributed by atoms with Crippen molar-refractivity contribution in [3.8, 4) is 0 Å². The van der Waals surface area contributed by atoms with Crippen molar-refractivity contribution in [2.75, 3.05) is 0 Å². The van der Waals surface area contributed by atoms with Gasteiger partial charge in [-0.25, -0.2) is 19.2 Å². The molecule has 2 aromatic rings. The third kappa shape index (κ3) is 2.66. The third-order valence-corrected chi connectivity index (χ3v) is 2.58. The van der Waals surface area contributed by atoms with Gasteiger partial charge in [-0.2, -0.15) is 0 Å². The number of H-pyrrole nitrogens is 2. The van der Waals surface area contributed by atoms with Gasteiger partial charge in [-0.05, 0) is 0 Å². The fourth-order valence-corrected chi connectivity index (χ4v) is 1.61. The van der Waals surface area contributed by atoms with Crippen LogP contribution in [0, 0.1) is 0 Å². The number of aromatic carboxylic acids is 2. The van der Waals surface area contributed by atoms with Crippen molar-refractivity contribution in [3.05, 3.63) is 47.0 Å². The van der Waals surface area contributed by atoms with Crippen molar-refractivity contribution < 1.29 is 34.1 Å². The molecule has 2 aromatic heterocycles. The summed E-state index contributed by atoms with van der Waals surface area (Å²) in [5.74, 6) is -5.14. The summed E-state index contributed by atoms with van der Waals surface area (Å²) in [7, 11) is 0. The van der Waals surface area contributed by atoms with Crippen LogP contribution in [0.5, 0.6) is 0 Å². The average molecular weight is 292 g/mol. The molecule has 0 aromatic carbocycles. The molecule has 9 heteroatoms. The van der Waals surface area contributed by atoms with Crippen LogP contribution in [0.25, 0.3) is 0 Å². The largest absolute Gasteiger partial charge is 0.478 e. The van der Waals surface area contributed by atoms with E-state index in [4.69, 9.17) is 10.2 Å². The van der Waals surface area contributed by atoms with Crippen LogP contribution in [-0.2, 0) is 4.74 Å². The SMILES string of the molecule is O=C(O)c1c[nH]cc1C(=O)OC(=O)c1c[nH]cc1C(=O)O. The van der Waals surface area contributed by atoms with Crippen molar-refractivity contribution in [2.24, 2.45) is 0 Å². The molecular weight excluding hydrogens is 284 g/mol. The van der Waals surface area contributed by atoms with Crippen molar-refractivity contribution in [1.82, 2.24) is 9.97 Å². The predicted molar refractivity (Wildman–Crippen MR) is 65.2 cm³/mol. The van der Waals surface area contributed by atoms with Crippen molar-refractivity contribution in [3.63, 3.8) is 0 Å². The fourth-order valence-electron chi connectivity index (χ4n) is 1.61. The summed E-state index contributed by atoms with van der Waals surface area (Å²) in [6.07, 6.45) is 4.24.